The van der Waals surface area contributed by atoms with E-state index in [0.29, 0.717) is 5.92 Å². The molecule has 0 radical (unpaired) electrons. The number of anilines is 1. The predicted molar refractivity (Wildman–Crippen MR) is 74.8 cm³/mol. The summed E-state index contributed by atoms with van der Waals surface area (Å²) < 4.78 is 2.11. The van der Waals surface area contributed by atoms with E-state index >= 15 is 0 Å². The smallest absolute Gasteiger partial charge is 0.224 e. The molecule has 18 heavy (non-hydrogen) atoms. The summed E-state index contributed by atoms with van der Waals surface area (Å²) in [7, 11) is 3.96. The van der Waals surface area contributed by atoms with Crippen molar-refractivity contribution in [3.8, 4) is 0 Å². The second kappa shape index (κ2) is 6.21. The van der Waals surface area contributed by atoms with Crippen molar-refractivity contribution < 1.29 is 0 Å². The largest absolute Gasteiger partial charge is 0.357 e. The number of hydrogen-bond acceptors (Lipinski definition) is 3. The van der Waals surface area contributed by atoms with Crippen LogP contribution in [0.1, 0.15) is 63.6 Å². The normalized spacial score (nSPS) is 24.2. The number of unbranched alkanes of at least 4 members (excludes halogenated alkanes) is 1. The Morgan fingerprint density at radius 2 is 1.94 bits per heavy atom. The Morgan fingerprint density at radius 1 is 1.22 bits per heavy atom. The van der Waals surface area contributed by atoms with Crippen LogP contribution in [0.3, 0.4) is 0 Å². The topological polar surface area (TPSA) is 42.7 Å². The van der Waals surface area contributed by atoms with Crippen LogP contribution in [0.2, 0.25) is 0 Å². The lowest BCUT2D eigenvalue weighted by molar-refractivity contribution is 0.296. The standard InChI is InChI=1S/C14H26N4/c1-4-5-6-11-7-9-12(10-8-11)13-16-17-14(15-2)18(13)3/h11-12H,4-10H2,1-3H3,(H,15,17). The van der Waals surface area contributed by atoms with Crippen molar-refractivity contribution in [1.29, 1.82) is 0 Å². The van der Waals surface area contributed by atoms with Gasteiger partial charge in [-0.25, -0.2) is 0 Å². The van der Waals surface area contributed by atoms with E-state index in [4.69, 9.17) is 0 Å². The maximum atomic E-state index is 4.35. The molecule has 1 aliphatic carbocycles. The Hall–Kier alpha value is -1.06. The van der Waals surface area contributed by atoms with Crippen LogP contribution in [0, 0.1) is 5.92 Å². The Bertz CT molecular complexity index is 364. The van der Waals surface area contributed by atoms with Crippen LogP contribution < -0.4 is 5.32 Å². The van der Waals surface area contributed by atoms with E-state index in [1.165, 1.54) is 44.9 Å². The molecule has 0 amide bonds. The van der Waals surface area contributed by atoms with Crippen molar-refractivity contribution in [1.82, 2.24) is 14.8 Å². The van der Waals surface area contributed by atoms with Crippen LogP contribution in [-0.2, 0) is 7.05 Å². The van der Waals surface area contributed by atoms with Gasteiger partial charge in [-0.15, -0.1) is 10.2 Å². The van der Waals surface area contributed by atoms with E-state index in [1.54, 1.807) is 0 Å². The lowest BCUT2D eigenvalue weighted by Gasteiger charge is -2.27. The summed E-state index contributed by atoms with van der Waals surface area (Å²) in [4.78, 5) is 0. The SMILES string of the molecule is CCCCC1CCC(c2nnc(NC)n2C)CC1. The minimum absolute atomic E-state index is 0.613. The first-order valence-corrected chi connectivity index (χ1v) is 7.33. The Labute approximate surface area is 110 Å². The maximum Gasteiger partial charge on any atom is 0.224 e. The molecule has 0 bridgehead atoms. The third-order valence-electron chi connectivity index (χ3n) is 4.31. The van der Waals surface area contributed by atoms with Crippen molar-refractivity contribution in [2.75, 3.05) is 12.4 Å². The highest BCUT2D eigenvalue weighted by atomic mass is 15.3. The van der Waals surface area contributed by atoms with E-state index in [1.807, 2.05) is 7.05 Å². The average molecular weight is 250 g/mol. The molecule has 1 aromatic heterocycles. The molecule has 4 nitrogen and oxygen atoms in total. The van der Waals surface area contributed by atoms with E-state index in [9.17, 15) is 0 Å². The summed E-state index contributed by atoms with van der Waals surface area (Å²) in [6.45, 7) is 2.28. The van der Waals surface area contributed by atoms with Gasteiger partial charge in [0.25, 0.3) is 0 Å². The first-order chi connectivity index (χ1) is 8.76. The van der Waals surface area contributed by atoms with Crippen LogP contribution >= 0.6 is 0 Å². The number of aromatic nitrogens is 3. The van der Waals surface area contributed by atoms with E-state index < -0.39 is 0 Å². The van der Waals surface area contributed by atoms with Gasteiger partial charge in [-0.2, -0.15) is 0 Å². The molecule has 0 saturated heterocycles. The van der Waals surface area contributed by atoms with Gasteiger partial charge in [0.05, 0.1) is 0 Å². The summed E-state index contributed by atoms with van der Waals surface area (Å²) in [5.74, 6) is 3.60. The van der Waals surface area contributed by atoms with Crippen LogP contribution in [0.5, 0.6) is 0 Å². The molecule has 0 aliphatic heterocycles. The molecule has 0 atom stereocenters. The van der Waals surface area contributed by atoms with Crippen LogP contribution in [0.25, 0.3) is 0 Å². The second-order valence-corrected chi connectivity index (χ2v) is 5.55. The summed E-state index contributed by atoms with van der Waals surface area (Å²) in [5.41, 5.74) is 0. The zero-order chi connectivity index (χ0) is 13.0. The van der Waals surface area contributed by atoms with Crippen molar-refractivity contribution in [3.05, 3.63) is 5.82 Å². The van der Waals surface area contributed by atoms with Gasteiger partial charge in [0, 0.05) is 20.0 Å². The minimum Gasteiger partial charge on any atom is -0.357 e. The fourth-order valence-corrected chi connectivity index (χ4v) is 3.12. The van der Waals surface area contributed by atoms with Crippen molar-refractivity contribution in [2.45, 2.75) is 57.8 Å². The first-order valence-electron chi connectivity index (χ1n) is 7.33. The Morgan fingerprint density at radius 3 is 2.50 bits per heavy atom. The highest BCUT2D eigenvalue weighted by Gasteiger charge is 2.25. The van der Waals surface area contributed by atoms with Gasteiger partial charge < -0.3 is 9.88 Å². The van der Waals surface area contributed by atoms with Crippen molar-refractivity contribution in [2.24, 2.45) is 13.0 Å². The molecular formula is C14H26N4. The molecule has 1 heterocycles. The third-order valence-corrected chi connectivity index (χ3v) is 4.31. The number of hydrogen-bond donors (Lipinski definition) is 1. The van der Waals surface area contributed by atoms with Gasteiger partial charge in [-0.3, -0.25) is 0 Å². The van der Waals surface area contributed by atoms with Gasteiger partial charge in [-0.1, -0.05) is 26.2 Å². The Balaban J connectivity index is 1.90. The van der Waals surface area contributed by atoms with Crippen molar-refractivity contribution >= 4 is 5.95 Å². The van der Waals surface area contributed by atoms with Gasteiger partial charge in [0.1, 0.15) is 5.82 Å². The monoisotopic (exact) mass is 250 g/mol. The molecule has 1 saturated carbocycles. The molecular weight excluding hydrogens is 224 g/mol. The molecule has 1 N–H and O–H groups in total. The molecule has 1 fully saturated rings. The zero-order valence-electron chi connectivity index (χ0n) is 11.9. The summed E-state index contributed by atoms with van der Waals surface area (Å²) in [5, 5.41) is 11.6. The minimum atomic E-state index is 0.613. The maximum absolute atomic E-state index is 4.35. The van der Waals surface area contributed by atoms with Gasteiger partial charge >= 0.3 is 0 Å². The summed E-state index contributed by atoms with van der Waals surface area (Å²) in [6.07, 6.45) is 9.44. The summed E-state index contributed by atoms with van der Waals surface area (Å²) in [6, 6.07) is 0. The van der Waals surface area contributed by atoms with E-state index in [2.05, 4.69) is 34.1 Å². The quantitative estimate of drug-likeness (QED) is 0.871. The number of rotatable bonds is 5. The van der Waals surface area contributed by atoms with Gasteiger partial charge in [0.15, 0.2) is 0 Å². The lowest BCUT2D eigenvalue weighted by Crippen LogP contribution is -2.16. The van der Waals surface area contributed by atoms with Crippen molar-refractivity contribution in [3.63, 3.8) is 0 Å². The molecule has 0 spiro atoms. The average Bonchev–Trinajstić information content (AvgIpc) is 2.78. The molecule has 0 aromatic carbocycles. The van der Waals surface area contributed by atoms with E-state index in [0.717, 1.165) is 17.7 Å². The highest BCUT2D eigenvalue weighted by Crippen LogP contribution is 2.37. The third kappa shape index (κ3) is 2.85. The molecule has 4 heteroatoms. The fraction of sp³-hybridized carbons (Fsp3) is 0.857. The lowest BCUT2D eigenvalue weighted by atomic mass is 9.79. The number of nitrogens with one attached hydrogen (secondary N) is 1. The fourth-order valence-electron chi connectivity index (χ4n) is 3.12. The van der Waals surface area contributed by atoms with Crippen LogP contribution in [0.4, 0.5) is 5.95 Å². The zero-order valence-corrected chi connectivity index (χ0v) is 11.9. The number of nitrogens with zero attached hydrogens (tertiary/aromatic N) is 3. The summed E-state index contributed by atoms with van der Waals surface area (Å²) >= 11 is 0. The predicted octanol–water partition coefficient (Wildman–Crippen LogP) is 3.32. The molecule has 2 rings (SSSR count). The van der Waals surface area contributed by atoms with Crippen LogP contribution in [-0.4, -0.2) is 21.8 Å². The van der Waals surface area contributed by atoms with Crippen LogP contribution in [0.15, 0.2) is 0 Å². The van der Waals surface area contributed by atoms with Gasteiger partial charge in [0.2, 0.25) is 5.95 Å². The first kappa shape index (κ1) is 13.4. The molecule has 1 aromatic rings. The Kier molecular flexibility index (Phi) is 4.61. The molecule has 0 unspecified atom stereocenters. The highest BCUT2D eigenvalue weighted by molar-refractivity contribution is 5.25. The van der Waals surface area contributed by atoms with Gasteiger partial charge in [-0.05, 0) is 31.6 Å². The molecule has 102 valence electrons. The molecule has 1 aliphatic rings. The van der Waals surface area contributed by atoms with E-state index in [-0.39, 0.29) is 0 Å². The second-order valence-electron chi connectivity index (χ2n) is 5.55.